The van der Waals surface area contributed by atoms with E-state index in [-0.39, 0.29) is 6.42 Å². The van der Waals surface area contributed by atoms with Crippen LogP contribution in [0.1, 0.15) is 29.4 Å². The van der Waals surface area contributed by atoms with Crippen molar-refractivity contribution >= 4 is 5.97 Å². The van der Waals surface area contributed by atoms with Gasteiger partial charge in [0.15, 0.2) is 0 Å². The van der Waals surface area contributed by atoms with Gasteiger partial charge in [0.1, 0.15) is 0 Å². The lowest BCUT2D eigenvalue weighted by molar-refractivity contribution is -0.137. The number of carbonyl (C=O) groups is 1. The highest BCUT2D eigenvalue weighted by Gasteiger charge is 2.29. The van der Waals surface area contributed by atoms with E-state index in [0.717, 1.165) is 30.9 Å². The minimum absolute atomic E-state index is 0.102. The lowest BCUT2D eigenvalue weighted by Crippen LogP contribution is -2.47. The molecule has 1 saturated heterocycles. The molecule has 2 aromatic heterocycles. The van der Waals surface area contributed by atoms with Gasteiger partial charge in [0.05, 0.1) is 30.9 Å². The highest BCUT2D eigenvalue weighted by Crippen LogP contribution is 2.24. The Morgan fingerprint density at radius 2 is 2.18 bits per heavy atom. The van der Waals surface area contributed by atoms with Gasteiger partial charge in [-0.25, -0.2) is 0 Å². The Balaban J connectivity index is 1.50. The Hall–Kier alpha value is -2.15. The molecule has 0 bridgehead atoms. The molecule has 1 fully saturated rings. The molecule has 1 aliphatic heterocycles. The van der Waals surface area contributed by atoms with Crippen molar-refractivity contribution in [3.63, 3.8) is 0 Å². The van der Waals surface area contributed by atoms with Crippen LogP contribution >= 0.6 is 0 Å². The Bertz CT molecular complexity index is 669. The lowest BCUT2D eigenvalue weighted by Gasteiger charge is -2.39. The van der Waals surface area contributed by atoms with E-state index in [1.165, 1.54) is 5.69 Å². The zero-order valence-corrected chi connectivity index (χ0v) is 12.9. The topological polar surface area (TPSA) is 76.2 Å². The van der Waals surface area contributed by atoms with E-state index < -0.39 is 5.97 Å². The molecule has 2 aromatic rings. The second-order valence-corrected chi connectivity index (χ2v) is 5.97. The van der Waals surface area contributed by atoms with Crippen LogP contribution in [-0.2, 0) is 17.9 Å². The zero-order valence-electron chi connectivity index (χ0n) is 12.9. The van der Waals surface area contributed by atoms with Crippen LogP contribution in [0.15, 0.2) is 18.5 Å². The van der Waals surface area contributed by atoms with Crippen molar-refractivity contribution in [2.75, 3.05) is 13.1 Å². The summed E-state index contributed by atoms with van der Waals surface area (Å²) in [5.41, 5.74) is 3.40. The standard InChI is InChI=1S/C15H21N5O2/c1-11-5-12(2)20(17-11)14-9-18(10-14)7-13-6-16-19(8-13)4-3-15(21)22/h5-6,8,14H,3-4,7,9-10H2,1-2H3,(H,21,22). The van der Waals surface area contributed by atoms with E-state index in [9.17, 15) is 4.79 Å². The molecule has 0 unspecified atom stereocenters. The Morgan fingerprint density at radius 1 is 1.41 bits per heavy atom. The molecule has 0 aliphatic carbocycles. The molecule has 0 aromatic carbocycles. The van der Waals surface area contributed by atoms with Gasteiger partial charge in [-0.1, -0.05) is 0 Å². The number of aliphatic carboxylic acids is 1. The summed E-state index contributed by atoms with van der Waals surface area (Å²) < 4.78 is 3.81. The van der Waals surface area contributed by atoms with Gasteiger partial charge in [0.2, 0.25) is 0 Å². The molecular weight excluding hydrogens is 282 g/mol. The average molecular weight is 303 g/mol. The van der Waals surface area contributed by atoms with Crippen LogP contribution in [0.5, 0.6) is 0 Å². The summed E-state index contributed by atoms with van der Waals surface area (Å²) in [5, 5.41) is 17.4. The molecule has 1 N–H and O–H groups in total. The van der Waals surface area contributed by atoms with Crippen LogP contribution in [0.2, 0.25) is 0 Å². The molecule has 118 valence electrons. The van der Waals surface area contributed by atoms with Gasteiger partial charge in [0.25, 0.3) is 0 Å². The largest absolute Gasteiger partial charge is 0.481 e. The molecule has 7 heteroatoms. The fourth-order valence-electron chi connectivity index (χ4n) is 2.92. The minimum Gasteiger partial charge on any atom is -0.481 e. The van der Waals surface area contributed by atoms with Crippen LogP contribution in [0.25, 0.3) is 0 Å². The number of nitrogens with zero attached hydrogens (tertiary/aromatic N) is 5. The van der Waals surface area contributed by atoms with Gasteiger partial charge in [-0.05, 0) is 19.9 Å². The Morgan fingerprint density at radius 3 is 2.82 bits per heavy atom. The SMILES string of the molecule is Cc1cc(C)n(C2CN(Cc3cnn(CCC(=O)O)c3)C2)n1. The van der Waals surface area contributed by atoms with Gasteiger partial charge in [0, 0.05) is 37.1 Å². The van der Waals surface area contributed by atoms with Gasteiger partial charge < -0.3 is 5.11 Å². The summed E-state index contributed by atoms with van der Waals surface area (Å²) in [6.07, 6.45) is 3.85. The molecule has 0 atom stereocenters. The molecular formula is C15H21N5O2. The first-order valence-corrected chi connectivity index (χ1v) is 7.49. The molecule has 1 aliphatic rings. The summed E-state index contributed by atoms with van der Waals surface area (Å²) in [7, 11) is 0. The normalized spacial score (nSPS) is 15.9. The number of likely N-dealkylation sites (tertiary alicyclic amines) is 1. The number of aromatic nitrogens is 4. The highest BCUT2D eigenvalue weighted by molar-refractivity contribution is 5.66. The van der Waals surface area contributed by atoms with Crippen molar-refractivity contribution in [2.24, 2.45) is 0 Å². The van der Waals surface area contributed by atoms with E-state index in [0.29, 0.717) is 12.6 Å². The molecule has 0 saturated carbocycles. The summed E-state index contributed by atoms with van der Waals surface area (Å²) in [4.78, 5) is 12.9. The molecule has 0 amide bonds. The van der Waals surface area contributed by atoms with Crippen LogP contribution < -0.4 is 0 Å². The summed E-state index contributed by atoms with van der Waals surface area (Å²) in [5.74, 6) is -0.799. The van der Waals surface area contributed by atoms with Crippen molar-refractivity contribution in [3.05, 3.63) is 35.4 Å². The number of carboxylic acids is 1. The van der Waals surface area contributed by atoms with E-state index in [2.05, 4.69) is 32.8 Å². The van der Waals surface area contributed by atoms with Gasteiger partial charge in [-0.15, -0.1) is 0 Å². The van der Waals surface area contributed by atoms with Crippen LogP contribution in [0, 0.1) is 13.8 Å². The van der Waals surface area contributed by atoms with Crippen LogP contribution in [-0.4, -0.2) is 48.6 Å². The third kappa shape index (κ3) is 3.19. The van der Waals surface area contributed by atoms with E-state index >= 15 is 0 Å². The van der Waals surface area contributed by atoms with E-state index in [4.69, 9.17) is 5.11 Å². The second kappa shape index (κ2) is 5.92. The first-order valence-electron chi connectivity index (χ1n) is 7.49. The molecule has 3 heterocycles. The fraction of sp³-hybridized carbons (Fsp3) is 0.533. The molecule has 22 heavy (non-hydrogen) atoms. The maximum atomic E-state index is 10.6. The molecule has 0 spiro atoms. The number of aryl methyl sites for hydroxylation is 3. The number of hydrogen-bond acceptors (Lipinski definition) is 4. The van der Waals surface area contributed by atoms with Gasteiger partial charge >= 0.3 is 5.97 Å². The summed E-state index contributed by atoms with van der Waals surface area (Å²) >= 11 is 0. The summed E-state index contributed by atoms with van der Waals surface area (Å²) in [6, 6.07) is 2.56. The zero-order chi connectivity index (χ0) is 15.7. The van der Waals surface area contributed by atoms with E-state index in [1.807, 2.05) is 19.3 Å². The fourth-order valence-corrected chi connectivity index (χ4v) is 2.92. The van der Waals surface area contributed by atoms with Crippen molar-refractivity contribution in [1.82, 2.24) is 24.5 Å². The first kappa shape index (κ1) is 14.8. The van der Waals surface area contributed by atoms with Gasteiger partial charge in [-0.2, -0.15) is 10.2 Å². The monoisotopic (exact) mass is 303 g/mol. The second-order valence-electron chi connectivity index (χ2n) is 5.97. The predicted molar refractivity (Wildman–Crippen MR) is 80.5 cm³/mol. The maximum Gasteiger partial charge on any atom is 0.305 e. The van der Waals surface area contributed by atoms with Crippen molar-refractivity contribution < 1.29 is 9.90 Å². The Labute approximate surface area is 129 Å². The van der Waals surface area contributed by atoms with Crippen molar-refractivity contribution in [3.8, 4) is 0 Å². The number of carboxylic acid groups (broad SMARTS) is 1. The lowest BCUT2D eigenvalue weighted by atomic mass is 10.1. The van der Waals surface area contributed by atoms with Gasteiger partial charge in [-0.3, -0.25) is 19.1 Å². The third-order valence-electron chi connectivity index (χ3n) is 3.98. The average Bonchev–Trinajstić information content (AvgIpc) is 2.97. The highest BCUT2D eigenvalue weighted by atomic mass is 16.4. The van der Waals surface area contributed by atoms with Crippen molar-refractivity contribution in [2.45, 2.75) is 39.4 Å². The van der Waals surface area contributed by atoms with E-state index in [1.54, 1.807) is 4.68 Å². The van der Waals surface area contributed by atoms with Crippen LogP contribution in [0.4, 0.5) is 0 Å². The Kier molecular flexibility index (Phi) is 3.98. The van der Waals surface area contributed by atoms with Crippen molar-refractivity contribution in [1.29, 1.82) is 0 Å². The first-order chi connectivity index (χ1) is 10.5. The molecule has 3 rings (SSSR count). The maximum absolute atomic E-state index is 10.6. The summed E-state index contributed by atoms with van der Waals surface area (Å²) in [6.45, 7) is 7.36. The minimum atomic E-state index is -0.799. The number of rotatable bonds is 6. The predicted octanol–water partition coefficient (Wildman–Crippen LogP) is 1.23. The third-order valence-corrected chi connectivity index (χ3v) is 3.98. The molecule has 7 nitrogen and oxygen atoms in total. The smallest absolute Gasteiger partial charge is 0.305 e. The molecule has 0 radical (unpaired) electrons. The quantitative estimate of drug-likeness (QED) is 0.868. The number of hydrogen-bond donors (Lipinski definition) is 1. The van der Waals surface area contributed by atoms with Crippen LogP contribution in [0.3, 0.4) is 0 Å².